The van der Waals surface area contributed by atoms with Crippen molar-refractivity contribution in [2.45, 2.75) is 26.6 Å². The summed E-state index contributed by atoms with van der Waals surface area (Å²) in [6, 6.07) is 3.51. The van der Waals surface area contributed by atoms with Gasteiger partial charge in [-0.25, -0.2) is 9.37 Å². The third kappa shape index (κ3) is 6.27. The van der Waals surface area contributed by atoms with Crippen molar-refractivity contribution in [2.24, 2.45) is 11.7 Å². The Labute approximate surface area is 175 Å². The van der Waals surface area contributed by atoms with E-state index >= 15 is 0 Å². The summed E-state index contributed by atoms with van der Waals surface area (Å²) in [5, 5.41) is 0. The number of alkyl halides is 3. The Kier molecular flexibility index (Phi) is 7.37. The highest BCUT2D eigenvalue weighted by atomic mass is 19.4. The monoisotopic (exact) mass is 444 g/mol. The number of methoxy groups -OCH3 is 1. The molecule has 0 radical (unpaired) electrons. The van der Waals surface area contributed by atoms with Crippen LogP contribution in [0.3, 0.4) is 0 Å². The lowest BCUT2D eigenvalue weighted by Crippen LogP contribution is -2.35. The smallest absolute Gasteiger partial charge is 0.422 e. The van der Waals surface area contributed by atoms with Crippen LogP contribution in [0, 0.1) is 11.7 Å². The molecule has 2 amide bonds. The molecule has 2 rings (SSSR count). The molecule has 8 nitrogen and oxygen atoms in total. The predicted molar refractivity (Wildman–Crippen MR) is 101 cm³/mol. The molecular formula is C19H20F4N4O4. The Bertz CT molecular complexity index is 966. The van der Waals surface area contributed by atoms with Crippen LogP contribution in [0.4, 0.5) is 23.4 Å². The van der Waals surface area contributed by atoms with Crippen LogP contribution in [0.25, 0.3) is 0 Å². The third-order valence-corrected chi connectivity index (χ3v) is 3.94. The van der Waals surface area contributed by atoms with Gasteiger partial charge in [0.2, 0.25) is 17.7 Å². The van der Waals surface area contributed by atoms with Gasteiger partial charge in [0.1, 0.15) is 5.82 Å². The van der Waals surface area contributed by atoms with E-state index in [1.54, 1.807) is 13.8 Å². The summed E-state index contributed by atoms with van der Waals surface area (Å²) in [4.78, 5) is 33.1. The number of nitrogens with zero attached hydrogens (tertiary/aromatic N) is 3. The fourth-order valence-electron chi connectivity index (χ4n) is 2.51. The molecule has 0 unspecified atom stereocenters. The van der Waals surface area contributed by atoms with Gasteiger partial charge in [-0.3, -0.25) is 14.5 Å². The van der Waals surface area contributed by atoms with Gasteiger partial charge < -0.3 is 15.2 Å². The number of pyridine rings is 2. The maximum Gasteiger partial charge on any atom is 0.422 e. The molecule has 0 fully saturated rings. The normalized spacial score (nSPS) is 11.4. The minimum Gasteiger partial charge on any atom is -0.481 e. The molecule has 0 saturated carbocycles. The van der Waals surface area contributed by atoms with Gasteiger partial charge in [0, 0.05) is 23.2 Å². The molecule has 2 aromatic rings. The average Bonchev–Trinajstić information content (AvgIpc) is 2.70. The summed E-state index contributed by atoms with van der Waals surface area (Å²) in [6.07, 6.45) is -3.40. The zero-order chi connectivity index (χ0) is 23.3. The topological polar surface area (TPSA) is 108 Å². The number of primary amides is 1. The fraction of sp³-hybridized carbons (Fsp3) is 0.368. The Morgan fingerprint density at radius 3 is 2.45 bits per heavy atom. The SMILES string of the molecule is COc1nc(OCC(F)(F)F)c(F)cc1CN(C(=O)C(C)C)c1cc(C(N)=O)ccn1. The number of anilines is 1. The second kappa shape index (κ2) is 9.58. The van der Waals surface area contributed by atoms with Crippen molar-refractivity contribution in [3.8, 4) is 11.8 Å². The summed E-state index contributed by atoms with van der Waals surface area (Å²) in [7, 11) is 1.18. The van der Waals surface area contributed by atoms with Crippen LogP contribution < -0.4 is 20.1 Å². The van der Waals surface area contributed by atoms with E-state index in [-0.39, 0.29) is 29.4 Å². The van der Waals surface area contributed by atoms with Crippen molar-refractivity contribution in [1.29, 1.82) is 0 Å². The fourth-order valence-corrected chi connectivity index (χ4v) is 2.51. The number of aromatic nitrogens is 2. The molecule has 0 saturated heterocycles. The number of amides is 2. The second-order valence-corrected chi connectivity index (χ2v) is 6.69. The lowest BCUT2D eigenvalue weighted by molar-refractivity contribution is -0.154. The van der Waals surface area contributed by atoms with E-state index in [4.69, 9.17) is 10.5 Å². The molecule has 0 aromatic carbocycles. The first-order valence-corrected chi connectivity index (χ1v) is 8.93. The zero-order valence-corrected chi connectivity index (χ0v) is 16.9. The highest BCUT2D eigenvalue weighted by Crippen LogP contribution is 2.28. The number of hydrogen-bond acceptors (Lipinski definition) is 6. The molecule has 0 bridgehead atoms. The second-order valence-electron chi connectivity index (χ2n) is 6.69. The minimum atomic E-state index is -4.68. The van der Waals surface area contributed by atoms with Crippen molar-refractivity contribution >= 4 is 17.6 Å². The van der Waals surface area contributed by atoms with Crippen LogP contribution in [0.2, 0.25) is 0 Å². The number of hydrogen-bond donors (Lipinski definition) is 1. The van der Waals surface area contributed by atoms with Crippen molar-refractivity contribution in [3.63, 3.8) is 0 Å². The van der Waals surface area contributed by atoms with E-state index in [1.165, 1.54) is 25.4 Å². The molecule has 2 N–H and O–H groups in total. The van der Waals surface area contributed by atoms with E-state index in [1.807, 2.05) is 0 Å². The largest absolute Gasteiger partial charge is 0.481 e. The van der Waals surface area contributed by atoms with Gasteiger partial charge in [0.25, 0.3) is 5.88 Å². The van der Waals surface area contributed by atoms with Crippen LogP contribution in [-0.4, -0.2) is 41.7 Å². The number of halogens is 4. The van der Waals surface area contributed by atoms with Crippen molar-refractivity contribution in [2.75, 3.05) is 18.6 Å². The summed E-state index contributed by atoms with van der Waals surface area (Å²) in [6.45, 7) is 1.22. The first-order valence-electron chi connectivity index (χ1n) is 8.93. The van der Waals surface area contributed by atoms with E-state index in [0.717, 1.165) is 11.0 Å². The third-order valence-electron chi connectivity index (χ3n) is 3.94. The van der Waals surface area contributed by atoms with Crippen molar-refractivity contribution < 1.29 is 36.6 Å². The Morgan fingerprint density at radius 2 is 1.90 bits per heavy atom. The minimum absolute atomic E-state index is 0.0413. The van der Waals surface area contributed by atoms with Gasteiger partial charge in [-0.15, -0.1) is 0 Å². The molecule has 0 aliphatic rings. The molecule has 12 heteroatoms. The van der Waals surface area contributed by atoms with E-state index in [9.17, 15) is 27.2 Å². The number of carbonyl (C=O) groups excluding carboxylic acids is 2. The molecule has 0 aliphatic heterocycles. The van der Waals surface area contributed by atoms with Gasteiger partial charge in [-0.2, -0.15) is 18.2 Å². The van der Waals surface area contributed by atoms with Crippen molar-refractivity contribution in [1.82, 2.24) is 9.97 Å². The first-order chi connectivity index (χ1) is 14.4. The Balaban J connectivity index is 2.44. The van der Waals surface area contributed by atoms with Gasteiger partial charge in [-0.1, -0.05) is 13.8 Å². The highest BCUT2D eigenvalue weighted by molar-refractivity contribution is 5.97. The highest BCUT2D eigenvalue weighted by Gasteiger charge is 2.30. The van der Waals surface area contributed by atoms with Crippen LogP contribution in [0.1, 0.15) is 29.8 Å². The van der Waals surface area contributed by atoms with E-state index in [0.29, 0.717) is 0 Å². The van der Waals surface area contributed by atoms with E-state index < -0.39 is 42.2 Å². The van der Waals surface area contributed by atoms with Gasteiger partial charge in [0.15, 0.2) is 12.4 Å². The maximum atomic E-state index is 14.3. The molecule has 2 aromatic heterocycles. The van der Waals surface area contributed by atoms with Crippen molar-refractivity contribution in [3.05, 3.63) is 41.3 Å². The lowest BCUT2D eigenvalue weighted by atomic mass is 10.1. The first kappa shape index (κ1) is 23.8. The molecular weight excluding hydrogens is 424 g/mol. The molecule has 0 atom stereocenters. The summed E-state index contributed by atoms with van der Waals surface area (Å²) in [5.74, 6) is -3.91. The van der Waals surface area contributed by atoms with Gasteiger partial charge in [0.05, 0.1) is 13.7 Å². The number of carbonyl (C=O) groups is 2. The maximum absolute atomic E-state index is 14.3. The number of nitrogens with two attached hydrogens (primary N) is 1. The quantitative estimate of drug-likeness (QED) is 0.628. The molecule has 0 aliphatic carbocycles. The Morgan fingerprint density at radius 1 is 1.23 bits per heavy atom. The molecule has 0 spiro atoms. The molecule has 31 heavy (non-hydrogen) atoms. The standard InChI is InChI=1S/C19H20F4N4O4/c1-10(2)18(29)27(14-7-11(15(24)28)4-5-25-14)8-12-6-13(20)17(26-16(12)30-3)31-9-19(21,22)23/h4-7,10H,8-9H2,1-3H3,(H2,24,28). The van der Waals surface area contributed by atoms with Crippen LogP contribution in [0.5, 0.6) is 11.8 Å². The zero-order valence-electron chi connectivity index (χ0n) is 16.9. The van der Waals surface area contributed by atoms with Crippen LogP contribution in [-0.2, 0) is 11.3 Å². The number of rotatable bonds is 8. The van der Waals surface area contributed by atoms with Crippen LogP contribution >= 0.6 is 0 Å². The lowest BCUT2D eigenvalue weighted by Gasteiger charge is -2.25. The average molecular weight is 444 g/mol. The van der Waals surface area contributed by atoms with Gasteiger partial charge in [-0.05, 0) is 18.2 Å². The molecule has 2 heterocycles. The van der Waals surface area contributed by atoms with Crippen LogP contribution in [0.15, 0.2) is 24.4 Å². The summed E-state index contributed by atoms with van der Waals surface area (Å²) >= 11 is 0. The summed E-state index contributed by atoms with van der Waals surface area (Å²) in [5.41, 5.74) is 5.41. The number of ether oxygens (including phenoxy) is 2. The predicted octanol–water partition coefficient (Wildman–Crippen LogP) is 2.85. The van der Waals surface area contributed by atoms with Gasteiger partial charge >= 0.3 is 6.18 Å². The summed E-state index contributed by atoms with van der Waals surface area (Å²) < 4.78 is 60.8. The molecule has 168 valence electrons. The Hall–Kier alpha value is -3.44. The van der Waals surface area contributed by atoms with E-state index in [2.05, 4.69) is 14.7 Å².